The van der Waals surface area contributed by atoms with Crippen molar-refractivity contribution in [3.8, 4) is 0 Å². The summed E-state index contributed by atoms with van der Waals surface area (Å²) in [5.41, 5.74) is 0.538. The molecule has 1 aromatic carbocycles. The summed E-state index contributed by atoms with van der Waals surface area (Å²) in [6.45, 7) is 2.07. The summed E-state index contributed by atoms with van der Waals surface area (Å²) >= 11 is 0. The third-order valence-corrected chi connectivity index (χ3v) is 3.65. The first-order valence-corrected chi connectivity index (χ1v) is 7.49. The van der Waals surface area contributed by atoms with Gasteiger partial charge in [0.05, 0.1) is 10.9 Å². The number of aromatic amines is 1. The van der Waals surface area contributed by atoms with Crippen LogP contribution in [-0.2, 0) is 11.3 Å². The van der Waals surface area contributed by atoms with Crippen LogP contribution in [0.1, 0.15) is 12.0 Å². The molecule has 0 saturated carbocycles. The van der Waals surface area contributed by atoms with Crippen molar-refractivity contribution in [2.45, 2.75) is 19.9 Å². The van der Waals surface area contributed by atoms with Crippen LogP contribution in [0.3, 0.4) is 0 Å². The van der Waals surface area contributed by atoms with Gasteiger partial charge < -0.3 is 5.32 Å². The molecule has 0 saturated heterocycles. The molecule has 3 aromatic rings. The van der Waals surface area contributed by atoms with Crippen LogP contribution in [0.2, 0.25) is 0 Å². The quantitative estimate of drug-likeness (QED) is 0.758. The first-order valence-electron chi connectivity index (χ1n) is 7.49. The van der Waals surface area contributed by atoms with E-state index >= 15 is 0 Å². The van der Waals surface area contributed by atoms with Crippen molar-refractivity contribution in [1.29, 1.82) is 0 Å². The summed E-state index contributed by atoms with van der Waals surface area (Å²) in [7, 11) is 0. The van der Waals surface area contributed by atoms with E-state index in [1.807, 2.05) is 13.0 Å². The first-order chi connectivity index (χ1) is 11.5. The highest BCUT2D eigenvalue weighted by atomic mass is 16.2. The van der Waals surface area contributed by atoms with Gasteiger partial charge in [-0.3, -0.25) is 19.1 Å². The largest absolute Gasteiger partial charge is 0.328 e. The van der Waals surface area contributed by atoms with Crippen molar-refractivity contribution in [1.82, 2.24) is 14.5 Å². The van der Waals surface area contributed by atoms with Gasteiger partial charge in [-0.25, -0.2) is 9.78 Å². The maximum Gasteiger partial charge on any atom is 0.328 e. The fourth-order valence-corrected chi connectivity index (χ4v) is 2.49. The number of hydrogen-bond donors (Lipinski definition) is 2. The Morgan fingerprint density at radius 3 is 2.83 bits per heavy atom. The van der Waals surface area contributed by atoms with Crippen LogP contribution in [0.15, 0.2) is 52.2 Å². The normalized spacial score (nSPS) is 10.7. The minimum Gasteiger partial charge on any atom is -0.311 e. The number of fused-ring (bicyclic) bond motifs is 1. The number of carbonyl (C=O) groups is 1. The van der Waals surface area contributed by atoms with Crippen LogP contribution in [0.4, 0.5) is 5.82 Å². The molecule has 122 valence electrons. The molecule has 0 radical (unpaired) electrons. The van der Waals surface area contributed by atoms with E-state index in [9.17, 15) is 14.4 Å². The average Bonchev–Trinajstić information content (AvgIpc) is 2.54. The Hall–Kier alpha value is -3.22. The molecule has 0 spiro atoms. The maximum absolute atomic E-state index is 12.1. The number of aryl methyl sites for hydroxylation is 2. The topological polar surface area (TPSA) is 96.8 Å². The molecule has 0 fully saturated rings. The second kappa shape index (κ2) is 6.49. The van der Waals surface area contributed by atoms with Gasteiger partial charge in [-0.15, -0.1) is 0 Å². The molecule has 0 bridgehead atoms. The van der Waals surface area contributed by atoms with Gasteiger partial charge >= 0.3 is 5.69 Å². The standard InChI is InChI=1S/C17H16N4O3/c1-11-6-8-18-14(10-11)19-15(22)7-9-21-13-5-3-2-4-12(13)16(23)20-17(21)24/h2-6,8,10H,7,9H2,1H3,(H,18,19,22)(H,20,23,24). The van der Waals surface area contributed by atoms with Crippen molar-refractivity contribution in [2.24, 2.45) is 0 Å². The number of carbonyl (C=O) groups excluding carboxylic acids is 1. The molecule has 1 amide bonds. The van der Waals surface area contributed by atoms with Gasteiger partial charge in [-0.2, -0.15) is 0 Å². The third-order valence-electron chi connectivity index (χ3n) is 3.65. The van der Waals surface area contributed by atoms with Gasteiger partial charge in [-0.1, -0.05) is 12.1 Å². The lowest BCUT2D eigenvalue weighted by molar-refractivity contribution is -0.116. The van der Waals surface area contributed by atoms with Gasteiger partial charge in [0.1, 0.15) is 5.82 Å². The third kappa shape index (κ3) is 3.24. The lowest BCUT2D eigenvalue weighted by Crippen LogP contribution is -2.31. The number of benzene rings is 1. The minimum atomic E-state index is -0.528. The molecule has 2 N–H and O–H groups in total. The highest BCUT2D eigenvalue weighted by Gasteiger charge is 2.09. The average molecular weight is 324 g/mol. The lowest BCUT2D eigenvalue weighted by Gasteiger charge is -2.09. The zero-order chi connectivity index (χ0) is 17.1. The van der Waals surface area contributed by atoms with Gasteiger partial charge in [0.25, 0.3) is 5.56 Å². The van der Waals surface area contributed by atoms with E-state index in [1.54, 1.807) is 36.5 Å². The van der Waals surface area contributed by atoms with Gasteiger partial charge in [0.15, 0.2) is 0 Å². The summed E-state index contributed by atoms with van der Waals surface area (Å²) in [6, 6.07) is 10.4. The maximum atomic E-state index is 12.1. The Bertz CT molecular complexity index is 1020. The van der Waals surface area contributed by atoms with Crippen LogP contribution in [0.5, 0.6) is 0 Å². The van der Waals surface area contributed by atoms with Crippen LogP contribution in [0.25, 0.3) is 10.9 Å². The molecule has 7 heteroatoms. The van der Waals surface area contributed by atoms with Crippen molar-refractivity contribution < 1.29 is 4.79 Å². The zero-order valence-electron chi connectivity index (χ0n) is 13.1. The van der Waals surface area contributed by atoms with Gasteiger partial charge in [-0.05, 0) is 36.8 Å². The minimum absolute atomic E-state index is 0.0889. The van der Waals surface area contributed by atoms with Crippen molar-refractivity contribution in [3.63, 3.8) is 0 Å². The SMILES string of the molecule is Cc1ccnc(NC(=O)CCn2c(=O)[nH]c(=O)c3ccccc32)c1. The summed E-state index contributed by atoms with van der Waals surface area (Å²) < 4.78 is 1.39. The molecule has 7 nitrogen and oxygen atoms in total. The number of H-pyrrole nitrogens is 1. The number of nitrogens with zero attached hydrogens (tertiary/aromatic N) is 2. The Morgan fingerprint density at radius 1 is 1.25 bits per heavy atom. The number of amides is 1. The molecular weight excluding hydrogens is 308 g/mol. The molecule has 2 aromatic heterocycles. The van der Waals surface area contributed by atoms with E-state index in [2.05, 4.69) is 15.3 Å². The monoisotopic (exact) mass is 324 g/mol. The molecule has 24 heavy (non-hydrogen) atoms. The molecule has 0 aliphatic heterocycles. The van der Waals surface area contributed by atoms with E-state index in [0.29, 0.717) is 16.7 Å². The molecule has 0 atom stereocenters. The molecule has 2 heterocycles. The molecule has 0 aliphatic rings. The second-order valence-corrected chi connectivity index (χ2v) is 5.44. The molecule has 0 aliphatic carbocycles. The van der Waals surface area contributed by atoms with Crippen LogP contribution < -0.4 is 16.6 Å². The van der Waals surface area contributed by atoms with E-state index in [0.717, 1.165) is 5.56 Å². The number of aromatic nitrogens is 3. The van der Waals surface area contributed by atoms with E-state index in [1.165, 1.54) is 4.57 Å². The Balaban J connectivity index is 1.80. The zero-order valence-corrected chi connectivity index (χ0v) is 13.1. The summed E-state index contributed by atoms with van der Waals surface area (Å²) in [4.78, 5) is 42.2. The lowest BCUT2D eigenvalue weighted by atomic mass is 10.2. The Kier molecular flexibility index (Phi) is 4.24. The summed E-state index contributed by atoms with van der Waals surface area (Å²) in [6.07, 6.45) is 1.70. The highest BCUT2D eigenvalue weighted by molar-refractivity contribution is 5.89. The van der Waals surface area contributed by atoms with Crippen LogP contribution in [0, 0.1) is 6.92 Å². The van der Waals surface area contributed by atoms with Gasteiger partial charge in [0.2, 0.25) is 5.91 Å². The molecular formula is C17H16N4O3. The fourth-order valence-electron chi connectivity index (χ4n) is 2.49. The van der Waals surface area contributed by atoms with Crippen molar-refractivity contribution in [3.05, 3.63) is 69.0 Å². The number of rotatable bonds is 4. The van der Waals surface area contributed by atoms with Crippen molar-refractivity contribution in [2.75, 3.05) is 5.32 Å². The van der Waals surface area contributed by atoms with Crippen LogP contribution >= 0.6 is 0 Å². The predicted molar refractivity (Wildman–Crippen MR) is 91.0 cm³/mol. The van der Waals surface area contributed by atoms with E-state index in [-0.39, 0.29) is 18.9 Å². The molecule has 0 unspecified atom stereocenters. The smallest absolute Gasteiger partial charge is 0.311 e. The van der Waals surface area contributed by atoms with Gasteiger partial charge in [0, 0.05) is 19.2 Å². The fraction of sp³-hybridized carbons (Fsp3) is 0.176. The number of nitrogens with one attached hydrogen (secondary N) is 2. The van der Waals surface area contributed by atoms with E-state index < -0.39 is 11.2 Å². The second-order valence-electron chi connectivity index (χ2n) is 5.44. The molecule has 3 rings (SSSR count). The Morgan fingerprint density at radius 2 is 2.04 bits per heavy atom. The Labute approximate surface area is 137 Å². The number of hydrogen-bond acceptors (Lipinski definition) is 4. The van der Waals surface area contributed by atoms with Crippen molar-refractivity contribution >= 4 is 22.6 Å². The summed E-state index contributed by atoms with van der Waals surface area (Å²) in [5.74, 6) is 0.217. The number of anilines is 1. The number of pyridine rings is 1. The number of para-hydroxylation sites is 1. The predicted octanol–water partition coefficient (Wildman–Crippen LogP) is 1.42. The highest BCUT2D eigenvalue weighted by Crippen LogP contribution is 2.08. The summed E-state index contributed by atoms with van der Waals surface area (Å²) in [5, 5.41) is 3.11. The van der Waals surface area contributed by atoms with E-state index in [4.69, 9.17) is 0 Å². The van der Waals surface area contributed by atoms with Crippen LogP contribution in [-0.4, -0.2) is 20.4 Å². The first kappa shape index (κ1) is 15.7.